The van der Waals surface area contributed by atoms with Crippen molar-refractivity contribution in [3.05, 3.63) is 0 Å². The Morgan fingerprint density at radius 3 is 2.53 bits per heavy atom. The third-order valence-electron chi connectivity index (χ3n) is 2.96. The second kappa shape index (κ2) is 4.51. The van der Waals surface area contributed by atoms with Crippen molar-refractivity contribution in [3.63, 3.8) is 0 Å². The van der Waals surface area contributed by atoms with E-state index in [1.54, 1.807) is 4.90 Å². The number of hydrogen-bond acceptors (Lipinski definition) is 3. The number of amides is 1. The molecule has 1 rings (SSSR count). The number of carbonyl (C=O) groups excluding carboxylic acids is 1. The molecule has 0 aromatic rings. The molecule has 1 saturated heterocycles. The van der Waals surface area contributed by atoms with E-state index in [1.165, 1.54) is 6.92 Å². The Morgan fingerprint density at radius 2 is 2.07 bits per heavy atom. The van der Waals surface area contributed by atoms with Gasteiger partial charge in [-0.3, -0.25) is 4.79 Å². The van der Waals surface area contributed by atoms with E-state index in [0.717, 1.165) is 19.1 Å². The zero-order valence-electron chi connectivity index (χ0n) is 9.56. The van der Waals surface area contributed by atoms with E-state index in [0.29, 0.717) is 19.0 Å². The summed E-state index contributed by atoms with van der Waals surface area (Å²) in [5.41, 5.74) is 0. The van der Waals surface area contributed by atoms with Gasteiger partial charge < -0.3 is 4.90 Å². The molecule has 5 heteroatoms. The van der Waals surface area contributed by atoms with Gasteiger partial charge in [-0.25, -0.2) is 8.42 Å². The van der Waals surface area contributed by atoms with Crippen molar-refractivity contribution in [1.82, 2.24) is 4.90 Å². The Bertz CT molecular complexity index is 337. The van der Waals surface area contributed by atoms with Crippen LogP contribution in [0.3, 0.4) is 0 Å². The van der Waals surface area contributed by atoms with Gasteiger partial charge >= 0.3 is 0 Å². The molecule has 0 spiro atoms. The summed E-state index contributed by atoms with van der Waals surface area (Å²) in [4.78, 5) is 13.5. The molecule has 1 heterocycles. The summed E-state index contributed by atoms with van der Waals surface area (Å²) in [6.45, 7) is 4.95. The Kier molecular flexibility index (Phi) is 3.76. The van der Waals surface area contributed by atoms with Crippen LogP contribution in [0.4, 0.5) is 0 Å². The molecule has 1 fully saturated rings. The fourth-order valence-electron chi connectivity index (χ4n) is 1.83. The molecule has 1 aliphatic rings. The maximum atomic E-state index is 11.8. The molecule has 0 N–H and O–H groups in total. The van der Waals surface area contributed by atoms with E-state index in [-0.39, 0.29) is 5.91 Å². The largest absolute Gasteiger partial charge is 0.341 e. The number of rotatable bonds is 2. The number of sulfone groups is 1. The predicted molar refractivity (Wildman–Crippen MR) is 59.3 cm³/mol. The van der Waals surface area contributed by atoms with Crippen molar-refractivity contribution in [2.24, 2.45) is 5.92 Å². The molecule has 2 atom stereocenters. The van der Waals surface area contributed by atoms with Crippen LogP contribution in [0.25, 0.3) is 0 Å². The van der Waals surface area contributed by atoms with Crippen molar-refractivity contribution in [3.8, 4) is 0 Å². The zero-order chi connectivity index (χ0) is 11.6. The second-order valence-corrected chi connectivity index (χ2v) is 6.87. The lowest BCUT2D eigenvalue weighted by atomic mass is 10.0. The van der Waals surface area contributed by atoms with Crippen LogP contribution in [0.2, 0.25) is 0 Å². The summed E-state index contributed by atoms with van der Waals surface area (Å²) < 4.78 is 22.5. The maximum Gasteiger partial charge on any atom is 0.240 e. The van der Waals surface area contributed by atoms with E-state index >= 15 is 0 Å². The fraction of sp³-hybridized carbons (Fsp3) is 0.900. The van der Waals surface area contributed by atoms with Gasteiger partial charge in [0, 0.05) is 19.3 Å². The Balaban J connectivity index is 2.68. The molecule has 0 bridgehead atoms. The predicted octanol–water partition coefficient (Wildman–Crippen LogP) is 0.678. The molecule has 0 radical (unpaired) electrons. The van der Waals surface area contributed by atoms with Crippen LogP contribution < -0.4 is 0 Å². The molecule has 0 saturated carbocycles. The van der Waals surface area contributed by atoms with Crippen molar-refractivity contribution in [2.75, 3.05) is 19.3 Å². The van der Waals surface area contributed by atoms with Crippen LogP contribution in [0.5, 0.6) is 0 Å². The van der Waals surface area contributed by atoms with Gasteiger partial charge in [0.15, 0.2) is 9.84 Å². The molecule has 0 aromatic heterocycles. The molecule has 0 unspecified atom stereocenters. The molecule has 4 nitrogen and oxygen atoms in total. The monoisotopic (exact) mass is 233 g/mol. The van der Waals surface area contributed by atoms with Crippen molar-refractivity contribution >= 4 is 15.7 Å². The van der Waals surface area contributed by atoms with Crippen LogP contribution in [-0.4, -0.2) is 43.8 Å². The minimum absolute atomic E-state index is 0.246. The van der Waals surface area contributed by atoms with Crippen LogP contribution >= 0.6 is 0 Å². The highest BCUT2D eigenvalue weighted by atomic mass is 32.2. The van der Waals surface area contributed by atoms with Crippen LogP contribution in [-0.2, 0) is 14.6 Å². The first-order chi connectivity index (χ1) is 6.82. The number of likely N-dealkylation sites (tertiary alicyclic amines) is 1. The van der Waals surface area contributed by atoms with Crippen LogP contribution in [0, 0.1) is 5.92 Å². The lowest BCUT2D eigenvalue weighted by Gasteiger charge is -2.32. The first-order valence-electron chi connectivity index (χ1n) is 5.30. The number of hydrogen-bond donors (Lipinski definition) is 0. The number of carbonyl (C=O) groups is 1. The molecular formula is C10H19NO3S. The smallest absolute Gasteiger partial charge is 0.240 e. The quantitative estimate of drug-likeness (QED) is 0.704. The highest BCUT2D eigenvalue weighted by Crippen LogP contribution is 2.17. The van der Waals surface area contributed by atoms with Crippen LogP contribution in [0.1, 0.15) is 26.7 Å². The minimum Gasteiger partial charge on any atom is -0.341 e. The van der Waals surface area contributed by atoms with Gasteiger partial charge in [-0.05, 0) is 25.7 Å². The van der Waals surface area contributed by atoms with Gasteiger partial charge in [0.05, 0.1) is 0 Å². The fourth-order valence-corrected chi connectivity index (χ4v) is 2.35. The third kappa shape index (κ3) is 3.19. The third-order valence-corrected chi connectivity index (χ3v) is 4.44. The van der Waals surface area contributed by atoms with E-state index in [2.05, 4.69) is 6.92 Å². The minimum atomic E-state index is -3.26. The highest BCUT2D eigenvalue weighted by Gasteiger charge is 2.30. The first-order valence-corrected chi connectivity index (χ1v) is 7.25. The first kappa shape index (κ1) is 12.5. The molecule has 88 valence electrons. The second-order valence-electron chi connectivity index (χ2n) is 4.50. The average molecular weight is 233 g/mol. The maximum absolute atomic E-state index is 11.8. The van der Waals surface area contributed by atoms with E-state index < -0.39 is 15.1 Å². The summed E-state index contributed by atoms with van der Waals surface area (Å²) in [6.07, 6.45) is 3.21. The van der Waals surface area contributed by atoms with Gasteiger partial charge in [0.1, 0.15) is 5.25 Å². The summed E-state index contributed by atoms with van der Waals surface area (Å²) in [5.74, 6) is 0.235. The number of piperidine rings is 1. The van der Waals surface area contributed by atoms with Crippen molar-refractivity contribution in [1.29, 1.82) is 0 Å². The normalized spacial score (nSPS) is 25.0. The lowest BCUT2D eigenvalue weighted by molar-refractivity contribution is -0.132. The summed E-state index contributed by atoms with van der Waals surface area (Å²) in [5, 5.41) is -0.900. The van der Waals surface area contributed by atoms with Gasteiger partial charge in [0.2, 0.25) is 5.91 Å². The highest BCUT2D eigenvalue weighted by molar-refractivity contribution is 7.92. The standard InChI is InChI=1S/C10H19NO3S/c1-8-5-4-6-11(7-8)10(12)9(2)15(3,13)14/h8-9H,4-7H2,1-3H3/t8-,9-/m0/s1. The molecule has 0 aromatic carbocycles. The SMILES string of the molecule is C[C@H]1CCCN(C(=O)[C@H](C)S(C)(=O)=O)C1. The van der Waals surface area contributed by atoms with Gasteiger partial charge in [-0.1, -0.05) is 6.92 Å². The van der Waals surface area contributed by atoms with E-state index in [4.69, 9.17) is 0 Å². The van der Waals surface area contributed by atoms with Gasteiger partial charge in [0.25, 0.3) is 0 Å². The molecule has 0 aliphatic carbocycles. The number of nitrogens with zero attached hydrogens (tertiary/aromatic N) is 1. The van der Waals surface area contributed by atoms with E-state index in [1.807, 2.05) is 0 Å². The average Bonchev–Trinajstić information content (AvgIpc) is 2.14. The summed E-state index contributed by atoms with van der Waals surface area (Å²) >= 11 is 0. The van der Waals surface area contributed by atoms with Crippen molar-refractivity contribution < 1.29 is 13.2 Å². The molecule has 1 aliphatic heterocycles. The molecule has 1 amide bonds. The van der Waals surface area contributed by atoms with Crippen molar-refractivity contribution in [2.45, 2.75) is 31.9 Å². The van der Waals surface area contributed by atoms with Gasteiger partial charge in [-0.2, -0.15) is 0 Å². The molecular weight excluding hydrogens is 214 g/mol. The summed E-state index contributed by atoms with van der Waals surface area (Å²) in [6, 6.07) is 0. The lowest BCUT2D eigenvalue weighted by Crippen LogP contribution is -2.45. The zero-order valence-corrected chi connectivity index (χ0v) is 10.4. The Morgan fingerprint density at radius 1 is 1.47 bits per heavy atom. The molecule has 15 heavy (non-hydrogen) atoms. The van der Waals surface area contributed by atoms with Crippen LogP contribution in [0.15, 0.2) is 0 Å². The van der Waals surface area contributed by atoms with Gasteiger partial charge in [-0.15, -0.1) is 0 Å². The van der Waals surface area contributed by atoms with E-state index in [9.17, 15) is 13.2 Å². The Hall–Kier alpha value is -0.580. The topological polar surface area (TPSA) is 54.5 Å². The Labute approximate surface area is 91.6 Å². The summed E-state index contributed by atoms with van der Waals surface area (Å²) in [7, 11) is -3.26.